The molecule has 0 atom stereocenters. The van der Waals surface area contributed by atoms with Crippen molar-refractivity contribution in [2.75, 3.05) is 5.32 Å². The second-order valence-corrected chi connectivity index (χ2v) is 12.2. The Morgan fingerprint density at radius 3 is 2.59 bits per heavy atom. The zero-order valence-electron chi connectivity index (χ0n) is 16.8. The number of carbonyl (C=O) groups excluding carboxylic acids is 1. The summed E-state index contributed by atoms with van der Waals surface area (Å²) in [7, 11) is 0. The van der Waals surface area contributed by atoms with Crippen molar-refractivity contribution in [1.82, 2.24) is 10.3 Å². The molecule has 2 N–H and O–H groups in total. The first-order valence-electron chi connectivity index (χ1n) is 9.65. The van der Waals surface area contributed by atoms with Gasteiger partial charge in [0.2, 0.25) is 0 Å². The zero-order chi connectivity index (χ0) is 24.0. The molecule has 1 amide bonds. The maximum absolute atomic E-state index is 13.0. The first-order valence-corrected chi connectivity index (χ1v) is 14.0. The summed E-state index contributed by atoms with van der Waals surface area (Å²) in [5.41, 5.74) is 2.45. The number of anilines is 1. The molecule has 2 heterocycles. The highest BCUT2D eigenvalue weighted by Gasteiger charge is 2.20. The molecule has 2 aromatic heterocycles. The predicted molar refractivity (Wildman–Crippen MR) is 156 cm³/mol. The molecule has 0 bridgehead atoms. The van der Waals surface area contributed by atoms with Gasteiger partial charge in [-0.2, -0.15) is 0 Å². The number of benzene rings is 3. The van der Waals surface area contributed by atoms with E-state index in [4.69, 9.17) is 40.4 Å². The van der Waals surface area contributed by atoms with Gasteiger partial charge in [0.25, 0.3) is 5.91 Å². The molecule has 0 aliphatic heterocycles. The Morgan fingerprint density at radius 2 is 1.79 bits per heavy atom. The van der Waals surface area contributed by atoms with Gasteiger partial charge in [-0.3, -0.25) is 10.1 Å². The molecular formula is C23H11Br2Cl2N3OS3. The second kappa shape index (κ2) is 9.81. The van der Waals surface area contributed by atoms with Crippen LogP contribution < -0.4 is 10.6 Å². The quantitative estimate of drug-likeness (QED) is 0.188. The molecule has 0 aliphatic rings. The van der Waals surface area contributed by atoms with E-state index < -0.39 is 5.91 Å². The molecule has 0 spiro atoms. The number of amides is 1. The van der Waals surface area contributed by atoms with Crippen LogP contribution in [-0.4, -0.2) is 16.0 Å². The van der Waals surface area contributed by atoms with Gasteiger partial charge >= 0.3 is 0 Å². The lowest BCUT2D eigenvalue weighted by molar-refractivity contribution is 0.0982. The molecule has 4 nitrogen and oxygen atoms in total. The number of thiazole rings is 1. The number of thiophene rings is 1. The third kappa shape index (κ3) is 4.75. The van der Waals surface area contributed by atoms with Crippen LogP contribution in [0.4, 0.5) is 5.69 Å². The van der Waals surface area contributed by atoms with Crippen LogP contribution in [0.5, 0.6) is 0 Å². The zero-order valence-corrected chi connectivity index (χ0v) is 23.9. The molecule has 0 saturated heterocycles. The van der Waals surface area contributed by atoms with Crippen molar-refractivity contribution in [3.05, 3.63) is 78.5 Å². The highest BCUT2D eigenvalue weighted by atomic mass is 79.9. The molecule has 5 aromatic rings. The number of halogens is 4. The van der Waals surface area contributed by atoms with Crippen molar-refractivity contribution in [1.29, 1.82) is 0 Å². The standard InChI is InChI=1S/C23H11Br2Cl2N3OS3/c24-10-7-13(22-28-15-3-1-2-4-16(15)34-22)19(14(25)8-10)29-23(32)30-21(31)20-18(27)12-6-5-11(26)9-17(12)33-20/h1-9H,(H2,29,30,31,32). The maximum atomic E-state index is 13.0. The third-order valence-corrected chi connectivity index (χ3v) is 9.09. The smallest absolute Gasteiger partial charge is 0.269 e. The number of nitrogens with one attached hydrogen (secondary N) is 2. The van der Waals surface area contributed by atoms with Gasteiger partial charge < -0.3 is 5.32 Å². The van der Waals surface area contributed by atoms with Crippen LogP contribution in [0.1, 0.15) is 9.67 Å². The van der Waals surface area contributed by atoms with Crippen LogP contribution in [0.3, 0.4) is 0 Å². The van der Waals surface area contributed by atoms with E-state index in [1.807, 2.05) is 36.4 Å². The lowest BCUT2D eigenvalue weighted by Gasteiger charge is -2.15. The van der Waals surface area contributed by atoms with Crippen LogP contribution in [0.25, 0.3) is 30.9 Å². The summed E-state index contributed by atoms with van der Waals surface area (Å²) in [5.74, 6) is -0.394. The van der Waals surface area contributed by atoms with Gasteiger partial charge in [-0.05, 0) is 64.5 Å². The lowest BCUT2D eigenvalue weighted by Crippen LogP contribution is -2.34. The number of rotatable bonds is 3. The van der Waals surface area contributed by atoms with Crippen LogP contribution in [0, 0.1) is 0 Å². The van der Waals surface area contributed by atoms with E-state index in [2.05, 4.69) is 42.5 Å². The highest BCUT2D eigenvalue weighted by Crippen LogP contribution is 2.41. The average Bonchev–Trinajstić information content (AvgIpc) is 3.36. The van der Waals surface area contributed by atoms with E-state index in [1.54, 1.807) is 29.5 Å². The van der Waals surface area contributed by atoms with E-state index in [0.717, 1.165) is 39.8 Å². The second-order valence-electron chi connectivity index (χ2n) is 7.09. The topological polar surface area (TPSA) is 54.0 Å². The Labute approximate surface area is 234 Å². The number of para-hydroxylation sites is 1. The van der Waals surface area contributed by atoms with Crippen LogP contribution in [0.15, 0.2) is 63.5 Å². The number of hydrogen-bond donors (Lipinski definition) is 2. The SMILES string of the molecule is O=C(NC(=S)Nc1c(Br)cc(Br)cc1-c1nc2ccccc2s1)c1sc2cc(Cl)ccc2c1Cl. The monoisotopic (exact) mass is 669 g/mol. The molecule has 0 fully saturated rings. The van der Waals surface area contributed by atoms with Gasteiger partial charge in [0.15, 0.2) is 5.11 Å². The van der Waals surface area contributed by atoms with Crippen molar-refractivity contribution in [3.63, 3.8) is 0 Å². The summed E-state index contributed by atoms with van der Waals surface area (Å²) >= 11 is 28.0. The summed E-state index contributed by atoms with van der Waals surface area (Å²) in [4.78, 5) is 18.1. The van der Waals surface area contributed by atoms with Crippen LogP contribution in [0.2, 0.25) is 10.0 Å². The van der Waals surface area contributed by atoms with Gasteiger partial charge in [0.05, 0.1) is 20.9 Å². The Kier molecular flexibility index (Phi) is 6.96. The summed E-state index contributed by atoms with van der Waals surface area (Å²) in [5, 5.41) is 8.57. The molecule has 34 heavy (non-hydrogen) atoms. The molecule has 5 rings (SSSR count). The van der Waals surface area contributed by atoms with Gasteiger partial charge in [-0.15, -0.1) is 22.7 Å². The van der Waals surface area contributed by atoms with Gasteiger partial charge in [0.1, 0.15) is 9.88 Å². The Bertz CT molecular complexity index is 1580. The van der Waals surface area contributed by atoms with E-state index in [0.29, 0.717) is 20.6 Å². The fourth-order valence-electron chi connectivity index (χ4n) is 3.35. The molecule has 0 aliphatic carbocycles. The number of fused-ring (bicyclic) bond motifs is 2. The van der Waals surface area contributed by atoms with E-state index in [9.17, 15) is 4.79 Å². The summed E-state index contributed by atoms with van der Waals surface area (Å²) < 4.78 is 3.55. The number of carbonyl (C=O) groups is 1. The Hall–Kier alpha value is -1.59. The summed E-state index contributed by atoms with van der Waals surface area (Å²) in [6.07, 6.45) is 0. The average molecular weight is 672 g/mol. The number of thiocarbonyl (C=S) groups is 1. The molecule has 0 saturated carbocycles. The van der Waals surface area contributed by atoms with Crippen molar-refractivity contribution < 1.29 is 4.79 Å². The summed E-state index contributed by atoms with van der Waals surface area (Å²) in [6.45, 7) is 0. The number of hydrogen-bond acceptors (Lipinski definition) is 5. The van der Waals surface area contributed by atoms with Crippen molar-refractivity contribution in [2.24, 2.45) is 0 Å². The minimum Gasteiger partial charge on any atom is -0.331 e. The largest absolute Gasteiger partial charge is 0.331 e. The fourth-order valence-corrected chi connectivity index (χ4v) is 7.54. The first-order chi connectivity index (χ1) is 16.3. The third-order valence-electron chi connectivity index (χ3n) is 4.84. The Morgan fingerprint density at radius 1 is 1.00 bits per heavy atom. The number of nitrogens with zero attached hydrogens (tertiary/aromatic N) is 1. The van der Waals surface area contributed by atoms with Crippen LogP contribution >= 0.6 is 90.0 Å². The molecule has 170 valence electrons. The fraction of sp³-hybridized carbons (Fsp3) is 0. The predicted octanol–water partition coefficient (Wildman–Crippen LogP) is 9.14. The van der Waals surface area contributed by atoms with Crippen molar-refractivity contribution in [3.8, 4) is 10.6 Å². The maximum Gasteiger partial charge on any atom is 0.269 e. The summed E-state index contributed by atoms with van der Waals surface area (Å²) in [6, 6.07) is 17.1. The minimum absolute atomic E-state index is 0.141. The van der Waals surface area contributed by atoms with Gasteiger partial charge in [0, 0.05) is 29.6 Å². The van der Waals surface area contributed by atoms with E-state index in [1.165, 1.54) is 11.3 Å². The molecule has 0 unspecified atom stereocenters. The normalized spacial score (nSPS) is 11.2. The van der Waals surface area contributed by atoms with Gasteiger partial charge in [-0.1, -0.05) is 57.3 Å². The van der Waals surface area contributed by atoms with Crippen molar-refractivity contribution >= 4 is 127 Å². The lowest BCUT2D eigenvalue weighted by atomic mass is 10.2. The first kappa shape index (κ1) is 24.1. The van der Waals surface area contributed by atoms with Gasteiger partial charge in [-0.25, -0.2) is 4.98 Å². The molecule has 0 radical (unpaired) electrons. The van der Waals surface area contributed by atoms with Crippen molar-refractivity contribution in [2.45, 2.75) is 0 Å². The molecule has 11 heteroatoms. The number of aromatic nitrogens is 1. The van der Waals surface area contributed by atoms with Crippen LogP contribution in [-0.2, 0) is 0 Å². The minimum atomic E-state index is -0.394. The Balaban J connectivity index is 1.44. The van der Waals surface area contributed by atoms with E-state index in [-0.39, 0.29) is 5.11 Å². The molecule has 3 aromatic carbocycles. The molecular weight excluding hydrogens is 661 g/mol. The van der Waals surface area contributed by atoms with E-state index >= 15 is 0 Å². The highest BCUT2D eigenvalue weighted by molar-refractivity contribution is 9.11.